The molecule has 11 heavy (non-hydrogen) atoms. The van der Waals surface area contributed by atoms with Gasteiger partial charge in [-0.2, -0.15) is 0 Å². The summed E-state index contributed by atoms with van der Waals surface area (Å²) >= 11 is 0. The Morgan fingerprint density at radius 2 is 1.82 bits per heavy atom. The van der Waals surface area contributed by atoms with Crippen LogP contribution in [0.4, 0.5) is 0 Å². The average molecular weight is 169 g/mol. The zero-order valence-electron chi connectivity index (χ0n) is 6.99. The van der Waals surface area contributed by atoms with Crippen molar-refractivity contribution in [3.63, 3.8) is 0 Å². The van der Waals surface area contributed by atoms with E-state index in [0.717, 1.165) is 10.9 Å². The summed E-state index contributed by atoms with van der Waals surface area (Å²) in [5, 5.41) is 2.09. The Bertz CT molecular complexity index is 301. The third-order valence-electron chi connectivity index (χ3n) is 2.06. The molecule has 0 aliphatic carbocycles. The largest absolute Gasteiger partial charge is 0.365 e. The molecule has 1 atom stereocenters. The quantitative estimate of drug-likeness (QED) is 0.683. The molecule has 3 heteroatoms. The van der Waals surface area contributed by atoms with E-state index in [2.05, 4.69) is 0 Å². The molecule has 0 saturated carbocycles. The van der Waals surface area contributed by atoms with Gasteiger partial charge in [0.1, 0.15) is 0 Å². The predicted molar refractivity (Wildman–Crippen MR) is 48.7 cm³/mol. The Kier molecular flexibility index (Phi) is 2.05. The number of carbonyl (C=O) groups excluding carboxylic acids is 1. The lowest BCUT2D eigenvalue weighted by Gasteiger charge is -1.92. The Morgan fingerprint density at radius 1 is 1.27 bits per heavy atom. The van der Waals surface area contributed by atoms with Gasteiger partial charge in [-0.15, -0.1) is 8.19 Å². The van der Waals surface area contributed by atoms with Gasteiger partial charge in [-0.3, -0.25) is 4.79 Å². The zero-order valence-corrected chi connectivity index (χ0v) is 7.99. The van der Waals surface area contributed by atoms with Crippen molar-refractivity contribution >= 4 is 14.1 Å². The second kappa shape index (κ2) is 2.71. The molecule has 60 valence electrons. The van der Waals surface area contributed by atoms with Crippen molar-refractivity contribution in [3.05, 3.63) is 21.7 Å². The molecule has 1 unspecified atom stereocenters. The Balaban J connectivity index is 3.29. The molecule has 0 radical (unpaired) electrons. The van der Waals surface area contributed by atoms with Crippen LogP contribution in [-0.4, -0.2) is 5.91 Å². The maximum atomic E-state index is 10.8. The highest BCUT2D eigenvalue weighted by atomic mass is 31.0. The summed E-state index contributed by atoms with van der Waals surface area (Å²) in [5.74, 6) is -0.267. The second-order valence-corrected chi connectivity index (χ2v) is 4.24. The van der Waals surface area contributed by atoms with Crippen molar-refractivity contribution in [2.75, 3.05) is 0 Å². The number of nitrogens with two attached hydrogens (primary N) is 1. The smallest absolute Gasteiger partial charge is 0.252 e. The van der Waals surface area contributed by atoms with Crippen LogP contribution in [0.2, 0.25) is 0 Å². The molecular formula is C8H12NOP. The minimum absolute atomic E-state index is 0.267. The molecule has 0 aromatic carbocycles. The van der Waals surface area contributed by atoms with Crippen molar-refractivity contribution in [2.24, 2.45) is 5.73 Å². The minimum atomic E-state index is -0.267. The zero-order chi connectivity index (χ0) is 8.59. The maximum absolute atomic E-state index is 10.8. The van der Waals surface area contributed by atoms with E-state index in [1.165, 1.54) is 10.9 Å². The van der Waals surface area contributed by atoms with E-state index < -0.39 is 0 Å². The number of primary amides is 1. The molecule has 1 rings (SSSR count). The van der Waals surface area contributed by atoms with Gasteiger partial charge in [0.05, 0.1) is 5.30 Å². The van der Waals surface area contributed by atoms with Gasteiger partial charge in [0.15, 0.2) is 0 Å². The van der Waals surface area contributed by atoms with Crippen LogP contribution in [0.5, 0.6) is 0 Å². The van der Waals surface area contributed by atoms with Crippen molar-refractivity contribution in [3.8, 4) is 0 Å². The van der Waals surface area contributed by atoms with E-state index >= 15 is 0 Å². The van der Waals surface area contributed by atoms with Crippen molar-refractivity contribution in [1.29, 1.82) is 0 Å². The molecular weight excluding hydrogens is 157 g/mol. The third kappa shape index (κ3) is 1.31. The predicted octanol–water partition coefficient (Wildman–Crippen LogP) is 1.74. The SMILES string of the molecule is Cc1[pH]c(C(N)=O)c(C)c1C. The minimum Gasteiger partial charge on any atom is -0.365 e. The van der Waals surface area contributed by atoms with E-state index in [1.54, 1.807) is 0 Å². The highest BCUT2D eigenvalue weighted by Gasteiger charge is 2.10. The molecule has 1 aromatic heterocycles. The molecule has 1 heterocycles. The molecule has 0 aliphatic heterocycles. The molecule has 0 spiro atoms. The average Bonchev–Trinajstić information content (AvgIpc) is 2.17. The molecule has 1 amide bonds. The van der Waals surface area contributed by atoms with Gasteiger partial charge < -0.3 is 5.73 Å². The van der Waals surface area contributed by atoms with E-state index in [9.17, 15) is 4.79 Å². The van der Waals surface area contributed by atoms with E-state index in [-0.39, 0.29) is 5.91 Å². The third-order valence-corrected chi connectivity index (χ3v) is 3.68. The lowest BCUT2D eigenvalue weighted by atomic mass is 10.1. The van der Waals surface area contributed by atoms with Crippen LogP contribution in [0, 0.1) is 20.8 Å². The van der Waals surface area contributed by atoms with E-state index in [1.807, 2.05) is 20.8 Å². The first-order valence-corrected chi connectivity index (χ1v) is 4.49. The first-order valence-electron chi connectivity index (χ1n) is 3.49. The highest BCUT2D eigenvalue weighted by Crippen LogP contribution is 2.30. The Hall–Kier alpha value is -0.750. The van der Waals surface area contributed by atoms with Crippen LogP contribution < -0.4 is 5.73 Å². The molecule has 1 aromatic rings. The van der Waals surface area contributed by atoms with Gasteiger partial charge in [0, 0.05) is 0 Å². The fourth-order valence-corrected chi connectivity index (χ4v) is 2.34. The summed E-state index contributed by atoms with van der Waals surface area (Å²) in [5.41, 5.74) is 7.51. The number of rotatable bonds is 1. The van der Waals surface area contributed by atoms with Crippen LogP contribution in [0.25, 0.3) is 0 Å². The number of amides is 1. The summed E-state index contributed by atoms with van der Waals surface area (Å²) in [7, 11) is 0.499. The lowest BCUT2D eigenvalue weighted by Crippen LogP contribution is -2.09. The van der Waals surface area contributed by atoms with Gasteiger partial charge in [-0.1, -0.05) is 0 Å². The number of aryl methyl sites for hydroxylation is 1. The molecule has 0 aliphatic rings. The number of hydrogen-bond donors (Lipinski definition) is 1. The lowest BCUT2D eigenvalue weighted by molar-refractivity contribution is 0.100. The summed E-state index contributed by atoms with van der Waals surface area (Å²) < 4.78 is 0. The highest BCUT2D eigenvalue weighted by molar-refractivity contribution is 7.33. The van der Waals surface area contributed by atoms with Gasteiger partial charge >= 0.3 is 0 Å². The van der Waals surface area contributed by atoms with Crippen molar-refractivity contribution in [1.82, 2.24) is 0 Å². The molecule has 2 nitrogen and oxygen atoms in total. The van der Waals surface area contributed by atoms with Crippen LogP contribution in [0.15, 0.2) is 0 Å². The van der Waals surface area contributed by atoms with Crippen molar-refractivity contribution < 1.29 is 4.79 Å². The van der Waals surface area contributed by atoms with Crippen molar-refractivity contribution in [2.45, 2.75) is 20.8 Å². The van der Waals surface area contributed by atoms with Gasteiger partial charge in [-0.05, 0) is 37.2 Å². The Labute approximate surface area is 67.9 Å². The first kappa shape index (κ1) is 8.35. The summed E-state index contributed by atoms with van der Waals surface area (Å²) in [6, 6.07) is 0. The van der Waals surface area contributed by atoms with Gasteiger partial charge in [0.2, 0.25) is 0 Å². The summed E-state index contributed by atoms with van der Waals surface area (Å²) in [6.07, 6.45) is 0. The van der Waals surface area contributed by atoms with Crippen LogP contribution in [0.3, 0.4) is 0 Å². The fourth-order valence-electron chi connectivity index (χ4n) is 1.09. The Morgan fingerprint density at radius 3 is 2.00 bits per heavy atom. The van der Waals surface area contributed by atoms with Gasteiger partial charge in [-0.25, -0.2) is 0 Å². The second-order valence-electron chi connectivity index (χ2n) is 2.74. The standard InChI is InChI=1S/C8H12NOP/c1-4-5(2)7(8(9)10)11-6(4)3/h11H,1-3H3,(H2,9,10). The molecule has 0 fully saturated rings. The summed E-state index contributed by atoms with van der Waals surface area (Å²) in [4.78, 5) is 10.8. The normalized spacial score (nSPS) is 10.8. The molecule has 2 N–H and O–H groups in total. The summed E-state index contributed by atoms with van der Waals surface area (Å²) in [6.45, 7) is 6.04. The fraction of sp³-hybridized carbons (Fsp3) is 0.375. The first-order chi connectivity index (χ1) is 5.04. The number of carbonyl (C=O) groups is 1. The molecule has 0 bridgehead atoms. The van der Waals surface area contributed by atoms with Crippen LogP contribution >= 0.6 is 8.19 Å². The number of hydrogen-bond acceptors (Lipinski definition) is 1. The molecule has 0 saturated heterocycles. The van der Waals surface area contributed by atoms with Crippen LogP contribution in [-0.2, 0) is 0 Å². The monoisotopic (exact) mass is 169 g/mol. The van der Waals surface area contributed by atoms with E-state index in [0.29, 0.717) is 8.19 Å². The van der Waals surface area contributed by atoms with Gasteiger partial charge in [0.25, 0.3) is 5.91 Å². The maximum Gasteiger partial charge on any atom is 0.252 e. The topological polar surface area (TPSA) is 43.1 Å². The van der Waals surface area contributed by atoms with E-state index in [4.69, 9.17) is 5.73 Å². The van der Waals surface area contributed by atoms with Crippen LogP contribution in [0.1, 0.15) is 26.5 Å².